The minimum atomic E-state index is -1.07. The predicted octanol–water partition coefficient (Wildman–Crippen LogP) is 0.223. The van der Waals surface area contributed by atoms with Crippen molar-refractivity contribution in [1.82, 2.24) is 4.98 Å². The van der Waals surface area contributed by atoms with Gasteiger partial charge in [0.2, 0.25) is 0 Å². The molecule has 0 saturated carbocycles. The summed E-state index contributed by atoms with van der Waals surface area (Å²) in [6.07, 6.45) is -0.639. The molecule has 0 saturated heterocycles. The molecule has 6 heteroatoms. The van der Waals surface area contributed by atoms with E-state index in [9.17, 15) is 9.90 Å². The molecule has 0 radical (unpaired) electrons. The van der Waals surface area contributed by atoms with Crippen molar-refractivity contribution in [1.29, 1.82) is 0 Å². The Hall–Kier alpha value is -1.66. The molecule has 1 unspecified atom stereocenters. The van der Waals surface area contributed by atoms with Gasteiger partial charge in [-0.1, -0.05) is 6.07 Å². The van der Waals surface area contributed by atoms with Gasteiger partial charge < -0.3 is 19.8 Å². The van der Waals surface area contributed by atoms with E-state index in [1.807, 2.05) is 0 Å². The molecule has 1 aromatic rings. The molecular formula is C11H16N2O4. The van der Waals surface area contributed by atoms with Gasteiger partial charge in [-0.05, 0) is 12.1 Å². The number of anilines is 1. The highest BCUT2D eigenvalue weighted by atomic mass is 16.5. The van der Waals surface area contributed by atoms with E-state index in [1.165, 1.54) is 13.2 Å². The van der Waals surface area contributed by atoms with Crippen molar-refractivity contribution in [3.63, 3.8) is 0 Å². The molecule has 0 aliphatic carbocycles. The van der Waals surface area contributed by atoms with E-state index in [-0.39, 0.29) is 12.3 Å². The maximum atomic E-state index is 10.8. The summed E-state index contributed by atoms with van der Waals surface area (Å²) in [6, 6.07) is 4.72. The summed E-state index contributed by atoms with van der Waals surface area (Å²) in [6.45, 7) is 0.548. The molecule has 94 valence electrons. The summed E-state index contributed by atoms with van der Waals surface area (Å²) in [5, 5.41) is 18.4. The lowest BCUT2D eigenvalue weighted by molar-refractivity contribution is 0.0689. The molecule has 1 atom stereocenters. The smallest absolute Gasteiger partial charge is 0.354 e. The number of carboxylic acids is 1. The molecule has 0 fully saturated rings. The second-order valence-corrected chi connectivity index (χ2v) is 3.68. The van der Waals surface area contributed by atoms with E-state index < -0.39 is 12.1 Å². The van der Waals surface area contributed by atoms with Gasteiger partial charge in [-0.2, -0.15) is 0 Å². The van der Waals surface area contributed by atoms with Crippen LogP contribution in [0, 0.1) is 0 Å². The Morgan fingerprint density at radius 2 is 2.29 bits per heavy atom. The molecule has 1 aromatic heterocycles. The van der Waals surface area contributed by atoms with Gasteiger partial charge in [-0.15, -0.1) is 0 Å². The average Bonchev–Trinajstić information content (AvgIpc) is 2.29. The van der Waals surface area contributed by atoms with Crippen LogP contribution >= 0.6 is 0 Å². The first-order chi connectivity index (χ1) is 8.04. The molecule has 2 N–H and O–H groups in total. The van der Waals surface area contributed by atoms with Crippen molar-refractivity contribution >= 4 is 11.8 Å². The monoisotopic (exact) mass is 240 g/mol. The minimum absolute atomic E-state index is 0.0180. The van der Waals surface area contributed by atoms with Crippen molar-refractivity contribution in [2.24, 2.45) is 0 Å². The quantitative estimate of drug-likeness (QED) is 0.740. The van der Waals surface area contributed by atoms with Gasteiger partial charge in [0.15, 0.2) is 5.69 Å². The fourth-order valence-corrected chi connectivity index (χ4v) is 1.41. The maximum absolute atomic E-state index is 10.8. The summed E-state index contributed by atoms with van der Waals surface area (Å²) in [7, 11) is 3.24. The molecule has 0 aromatic carbocycles. The number of ether oxygens (including phenoxy) is 1. The van der Waals surface area contributed by atoms with Gasteiger partial charge in [-0.25, -0.2) is 9.78 Å². The highest BCUT2D eigenvalue weighted by Gasteiger charge is 2.11. The topological polar surface area (TPSA) is 82.9 Å². The molecule has 17 heavy (non-hydrogen) atoms. The van der Waals surface area contributed by atoms with Crippen molar-refractivity contribution in [3.8, 4) is 0 Å². The summed E-state index contributed by atoms with van der Waals surface area (Å²) in [5.41, 5.74) is -0.0180. The number of pyridine rings is 1. The molecule has 0 bridgehead atoms. The second-order valence-electron chi connectivity index (χ2n) is 3.68. The third-order valence-electron chi connectivity index (χ3n) is 2.19. The number of aliphatic hydroxyl groups excluding tert-OH is 1. The Labute approximate surface area is 99.5 Å². The van der Waals surface area contributed by atoms with Crippen LogP contribution in [-0.2, 0) is 4.74 Å². The van der Waals surface area contributed by atoms with E-state index in [2.05, 4.69) is 4.98 Å². The highest BCUT2D eigenvalue weighted by Crippen LogP contribution is 2.10. The number of aliphatic hydroxyl groups is 1. The zero-order valence-corrected chi connectivity index (χ0v) is 9.83. The Balaban J connectivity index is 2.71. The number of aromatic carboxylic acids is 1. The Kier molecular flexibility index (Phi) is 4.86. The highest BCUT2D eigenvalue weighted by molar-refractivity contribution is 5.85. The van der Waals surface area contributed by atoms with Crippen molar-refractivity contribution in [3.05, 3.63) is 23.9 Å². The minimum Gasteiger partial charge on any atom is -0.477 e. The first-order valence-electron chi connectivity index (χ1n) is 5.13. The lowest BCUT2D eigenvalue weighted by atomic mass is 10.3. The zero-order valence-electron chi connectivity index (χ0n) is 9.83. The number of methoxy groups -OCH3 is 1. The van der Waals surface area contributed by atoms with Crippen LogP contribution in [0.3, 0.4) is 0 Å². The van der Waals surface area contributed by atoms with E-state index in [1.54, 1.807) is 24.1 Å². The van der Waals surface area contributed by atoms with Gasteiger partial charge in [0, 0.05) is 20.7 Å². The Morgan fingerprint density at radius 3 is 2.88 bits per heavy atom. The molecule has 1 rings (SSSR count). The normalized spacial score (nSPS) is 12.2. The van der Waals surface area contributed by atoms with Crippen LogP contribution in [0.25, 0.3) is 0 Å². The first-order valence-corrected chi connectivity index (χ1v) is 5.13. The van der Waals surface area contributed by atoms with Crippen LogP contribution in [0.5, 0.6) is 0 Å². The SMILES string of the molecule is COCC(O)CN(C)c1cccc(C(=O)O)n1. The molecule has 0 aliphatic rings. The molecular weight excluding hydrogens is 224 g/mol. The number of hydrogen-bond donors (Lipinski definition) is 2. The van der Waals surface area contributed by atoms with E-state index in [0.717, 1.165) is 0 Å². The first kappa shape index (κ1) is 13.4. The standard InChI is InChI=1S/C11H16N2O4/c1-13(6-8(14)7-17-2)10-5-3-4-9(12-10)11(15)16/h3-5,8,14H,6-7H2,1-2H3,(H,15,16). The van der Waals surface area contributed by atoms with Crippen molar-refractivity contribution in [2.75, 3.05) is 32.2 Å². The van der Waals surface area contributed by atoms with Gasteiger partial charge >= 0.3 is 5.97 Å². The number of carbonyl (C=O) groups is 1. The summed E-state index contributed by atoms with van der Waals surface area (Å²) < 4.78 is 4.81. The van der Waals surface area contributed by atoms with Crippen molar-refractivity contribution in [2.45, 2.75) is 6.10 Å². The van der Waals surface area contributed by atoms with Gasteiger partial charge in [-0.3, -0.25) is 0 Å². The molecule has 0 spiro atoms. The molecule has 0 amide bonds. The fraction of sp³-hybridized carbons (Fsp3) is 0.455. The summed E-state index contributed by atoms with van der Waals surface area (Å²) in [4.78, 5) is 16.4. The number of carboxylic acid groups (broad SMARTS) is 1. The van der Waals surface area contributed by atoms with Crippen LogP contribution in [0.4, 0.5) is 5.82 Å². The summed E-state index contributed by atoms with van der Waals surface area (Å²) >= 11 is 0. The lowest BCUT2D eigenvalue weighted by Gasteiger charge is -2.21. The lowest BCUT2D eigenvalue weighted by Crippen LogP contribution is -2.32. The van der Waals surface area contributed by atoms with Crippen LogP contribution in [0.2, 0.25) is 0 Å². The third kappa shape index (κ3) is 4.01. The average molecular weight is 240 g/mol. The van der Waals surface area contributed by atoms with Gasteiger partial charge in [0.25, 0.3) is 0 Å². The fourth-order valence-electron chi connectivity index (χ4n) is 1.41. The molecule has 6 nitrogen and oxygen atoms in total. The number of nitrogens with zero attached hydrogens (tertiary/aromatic N) is 2. The number of likely N-dealkylation sites (N-methyl/N-ethyl adjacent to an activating group) is 1. The van der Waals surface area contributed by atoms with Crippen molar-refractivity contribution < 1.29 is 19.7 Å². The summed E-state index contributed by atoms with van der Waals surface area (Å²) in [5.74, 6) is -0.572. The van der Waals surface area contributed by atoms with Gasteiger partial charge in [0.05, 0.1) is 12.7 Å². The van der Waals surface area contributed by atoms with Crippen LogP contribution in [0.1, 0.15) is 10.5 Å². The van der Waals surface area contributed by atoms with Crippen LogP contribution in [-0.4, -0.2) is 54.6 Å². The molecule has 0 aliphatic heterocycles. The van der Waals surface area contributed by atoms with Crippen LogP contribution in [0.15, 0.2) is 18.2 Å². The van der Waals surface area contributed by atoms with E-state index in [4.69, 9.17) is 9.84 Å². The largest absolute Gasteiger partial charge is 0.477 e. The maximum Gasteiger partial charge on any atom is 0.354 e. The van der Waals surface area contributed by atoms with E-state index >= 15 is 0 Å². The number of hydrogen-bond acceptors (Lipinski definition) is 5. The van der Waals surface area contributed by atoms with E-state index in [0.29, 0.717) is 12.4 Å². The second kappa shape index (κ2) is 6.17. The Bertz CT molecular complexity index is 383. The van der Waals surface area contributed by atoms with Gasteiger partial charge in [0.1, 0.15) is 5.82 Å². The number of aromatic nitrogens is 1. The predicted molar refractivity (Wildman–Crippen MR) is 62.3 cm³/mol. The molecule has 1 heterocycles. The number of rotatable bonds is 6. The zero-order chi connectivity index (χ0) is 12.8. The Morgan fingerprint density at radius 1 is 1.59 bits per heavy atom. The van der Waals surface area contributed by atoms with Crippen LogP contribution < -0.4 is 4.90 Å². The third-order valence-corrected chi connectivity index (χ3v) is 2.19.